The summed E-state index contributed by atoms with van der Waals surface area (Å²) in [7, 11) is 0. The maximum Gasteiger partial charge on any atom is 0.190 e. The van der Waals surface area contributed by atoms with Crippen LogP contribution in [0.15, 0.2) is 66.7 Å². The van der Waals surface area contributed by atoms with E-state index in [-0.39, 0.29) is 5.88 Å². The summed E-state index contributed by atoms with van der Waals surface area (Å²) in [5.41, 5.74) is 5.61. The molecule has 0 bridgehead atoms. The number of hydrogen-bond acceptors (Lipinski definition) is 2. The number of nitrogens with one attached hydrogen (secondary N) is 1. The first kappa shape index (κ1) is 14.8. The minimum Gasteiger partial charge on any atom is -0.495 e. The minimum absolute atomic E-state index is 0.0870. The Kier molecular flexibility index (Phi) is 3.71. The molecule has 4 rings (SSSR count). The van der Waals surface area contributed by atoms with Gasteiger partial charge in [-0.15, -0.1) is 0 Å². The third-order valence-electron chi connectivity index (χ3n) is 4.02. The molecule has 0 fully saturated rings. The maximum absolute atomic E-state index is 9.55. The summed E-state index contributed by atoms with van der Waals surface area (Å²) in [5.74, 6) is 0.0870. The van der Waals surface area contributed by atoms with Gasteiger partial charge in [-0.3, -0.25) is 0 Å². The molecular formula is C20H15ClN2O. The van der Waals surface area contributed by atoms with E-state index in [0.717, 1.165) is 23.2 Å². The van der Waals surface area contributed by atoms with Crippen LogP contribution in [0.25, 0.3) is 22.3 Å². The van der Waals surface area contributed by atoms with E-state index in [4.69, 9.17) is 11.6 Å². The van der Waals surface area contributed by atoms with Gasteiger partial charge in [-0.05, 0) is 23.6 Å². The lowest BCUT2D eigenvalue weighted by atomic mass is 10.0. The van der Waals surface area contributed by atoms with Gasteiger partial charge in [0.05, 0.1) is 21.7 Å². The summed E-state index contributed by atoms with van der Waals surface area (Å²) in [6.07, 6.45) is 0.896. The van der Waals surface area contributed by atoms with E-state index >= 15 is 0 Å². The molecule has 0 radical (unpaired) electrons. The molecule has 0 atom stereocenters. The Balaban J connectivity index is 1.66. The van der Waals surface area contributed by atoms with E-state index < -0.39 is 0 Å². The van der Waals surface area contributed by atoms with Crippen LogP contribution >= 0.6 is 11.6 Å². The predicted molar refractivity (Wildman–Crippen MR) is 97.5 cm³/mol. The number of pyridine rings is 1. The molecule has 4 heteroatoms. The molecular weight excluding hydrogens is 320 g/mol. The summed E-state index contributed by atoms with van der Waals surface area (Å²) in [6.45, 7) is 0. The lowest BCUT2D eigenvalue weighted by molar-refractivity contribution is 0.458. The second-order valence-corrected chi connectivity index (χ2v) is 6.17. The Morgan fingerprint density at radius 3 is 2.38 bits per heavy atom. The maximum atomic E-state index is 9.55. The van der Waals surface area contributed by atoms with E-state index in [1.54, 1.807) is 12.1 Å². The molecule has 0 aliphatic rings. The van der Waals surface area contributed by atoms with Crippen molar-refractivity contribution in [2.24, 2.45) is 0 Å². The summed E-state index contributed by atoms with van der Waals surface area (Å²) in [4.78, 5) is 7.38. The fourth-order valence-corrected chi connectivity index (χ4v) is 3.09. The molecule has 0 spiro atoms. The fraction of sp³-hybridized carbons (Fsp3) is 0.0500. The Morgan fingerprint density at radius 2 is 1.62 bits per heavy atom. The lowest BCUT2D eigenvalue weighted by Crippen LogP contribution is -1.90. The molecule has 0 aliphatic heterocycles. The second-order valence-electron chi connectivity index (χ2n) is 5.77. The Morgan fingerprint density at radius 1 is 0.917 bits per heavy atom. The first-order valence-electron chi connectivity index (χ1n) is 7.70. The van der Waals surface area contributed by atoms with Gasteiger partial charge in [-0.1, -0.05) is 66.2 Å². The van der Waals surface area contributed by atoms with Gasteiger partial charge in [0.1, 0.15) is 0 Å². The summed E-state index contributed by atoms with van der Waals surface area (Å²) < 4.78 is 0. The van der Waals surface area contributed by atoms with Crippen molar-refractivity contribution in [1.82, 2.24) is 9.97 Å². The first-order valence-corrected chi connectivity index (χ1v) is 8.08. The Hall–Kier alpha value is -2.78. The van der Waals surface area contributed by atoms with Crippen LogP contribution in [-0.4, -0.2) is 15.1 Å². The summed E-state index contributed by atoms with van der Waals surface area (Å²) >= 11 is 6.35. The van der Waals surface area contributed by atoms with E-state index in [9.17, 15) is 5.11 Å². The van der Waals surface area contributed by atoms with Crippen molar-refractivity contribution in [1.29, 1.82) is 0 Å². The third kappa shape index (κ3) is 2.86. The van der Waals surface area contributed by atoms with E-state index in [1.807, 2.05) is 18.2 Å². The molecule has 0 saturated heterocycles. The van der Waals surface area contributed by atoms with Crippen LogP contribution in [0.2, 0.25) is 5.02 Å². The van der Waals surface area contributed by atoms with Crippen molar-refractivity contribution < 1.29 is 5.11 Å². The van der Waals surface area contributed by atoms with Crippen molar-refractivity contribution in [3.8, 4) is 17.1 Å². The van der Waals surface area contributed by atoms with Gasteiger partial charge >= 0.3 is 0 Å². The first-order chi connectivity index (χ1) is 11.7. The number of halogens is 1. The molecule has 2 heterocycles. The Bertz CT molecular complexity index is 992. The van der Waals surface area contributed by atoms with Gasteiger partial charge in [0.15, 0.2) is 5.88 Å². The van der Waals surface area contributed by atoms with Crippen LogP contribution in [0.5, 0.6) is 5.88 Å². The monoisotopic (exact) mass is 334 g/mol. The molecule has 0 saturated carbocycles. The van der Waals surface area contributed by atoms with Gasteiger partial charge in [0.25, 0.3) is 0 Å². The quantitative estimate of drug-likeness (QED) is 0.542. The predicted octanol–water partition coefficient (Wildman–Crippen LogP) is 5.18. The van der Waals surface area contributed by atoms with Crippen LogP contribution in [0.4, 0.5) is 0 Å². The SMILES string of the molecule is Oc1cc2nc(-c3ccc(Cc4ccccc4)cc3)c(Cl)cc2[nH]1. The van der Waals surface area contributed by atoms with Gasteiger partial charge in [0.2, 0.25) is 0 Å². The number of aromatic amines is 1. The van der Waals surface area contributed by atoms with Crippen LogP contribution in [0.3, 0.4) is 0 Å². The molecule has 0 aliphatic carbocycles. The van der Waals surface area contributed by atoms with Gasteiger partial charge in [0, 0.05) is 11.6 Å². The molecule has 0 amide bonds. The average Bonchev–Trinajstić information content (AvgIpc) is 2.95. The van der Waals surface area contributed by atoms with Crippen molar-refractivity contribution in [2.75, 3.05) is 0 Å². The summed E-state index contributed by atoms with van der Waals surface area (Å²) in [6, 6.07) is 22.0. The number of rotatable bonds is 3. The van der Waals surface area contributed by atoms with Crippen LogP contribution < -0.4 is 0 Å². The van der Waals surface area contributed by atoms with E-state index in [2.05, 4.69) is 46.4 Å². The zero-order valence-electron chi connectivity index (χ0n) is 12.8. The molecule has 118 valence electrons. The number of fused-ring (bicyclic) bond motifs is 1. The van der Waals surface area contributed by atoms with Gasteiger partial charge in [-0.25, -0.2) is 4.98 Å². The van der Waals surface area contributed by atoms with Crippen molar-refractivity contribution in [3.05, 3.63) is 82.9 Å². The fourth-order valence-electron chi connectivity index (χ4n) is 2.83. The zero-order chi connectivity index (χ0) is 16.5. The lowest BCUT2D eigenvalue weighted by Gasteiger charge is -2.06. The van der Waals surface area contributed by atoms with Gasteiger partial charge < -0.3 is 10.1 Å². The van der Waals surface area contributed by atoms with E-state index in [1.165, 1.54) is 11.1 Å². The zero-order valence-corrected chi connectivity index (χ0v) is 13.6. The number of hydrogen-bond donors (Lipinski definition) is 2. The highest BCUT2D eigenvalue weighted by molar-refractivity contribution is 6.33. The smallest absolute Gasteiger partial charge is 0.190 e. The molecule has 2 aromatic carbocycles. The standard InChI is InChI=1S/C20H15ClN2O/c21-16-11-17-18(12-19(24)22-17)23-20(16)15-8-6-14(7-9-15)10-13-4-2-1-3-5-13/h1-9,11-12,22,24H,10H2. The van der Waals surface area contributed by atoms with Crippen molar-refractivity contribution in [3.63, 3.8) is 0 Å². The minimum atomic E-state index is 0.0870. The number of H-pyrrole nitrogens is 1. The van der Waals surface area contributed by atoms with Gasteiger partial charge in [-0.2, -0.15) is 0 Å². The molecule has 2 aromatic heterocycles. The highest BCUT2D eigenvalue weighted by Gasteiger charge is 2.10. The third-order valence-corrected chi connectivity index (χ3v) is 4.31. The van der Waals surface area contributed by atoms with Crippen molar-refractivity contribution >= 4 is 22.6 Å². The highest BCUT2D eigenvalue weighted by Crippen LogP contribution is 2.30. The van der Waals surface area contributed by atoms with Crippen LogP contribution in [-0.2, 0) is 6.42 Å². The number of benzene rings is 2. The average molecular weight is 335 g/mol. The van der Waals surface area contributed by atoms with E-state index in [0.29, 0.717) is 10.5 Å². The number of aromatic hydroxyl groups is 1. The number of aromatic nitrogens is 2. The molecule has 4 aromatic rings. The molecule has 0 unspecified atom stereocenters. The van der Waals surface area contributed by atoms with Crippen LogP contribution in [0, 0.1) is 0 Å². The highest BCUT2D eigenvalue weighted by atomic mass is 35.5. The molecule has 3 nitrogen and oxygen atoms in total. The number of nitrogens with zero attached hydrogens (tertiary/aromatic N) is 1. The topological polar surface area (TPSA) is 48.9 Å². The normalized spacial score (nSPS) is 11.0. The summed E-state index contributed by atoms with van der Waals surface area (Å²) in [5, 5.41) is 10.1. The van der Waals surface area contributed by atoms with Crippen LogP contribution in [0.1, 0.15) is 11.1 Å². The molecule has 2 N–H and O–H groups in total. The largest absolute Gasteiger partial charge is 0.495 e. The molecule has 24 heavy (non-hydrogen) atoms. The Labute approximate surface area is 144 Å². The second kappa shape index (κ2) is 6.02. The van der Waals surface area contributed by atoms with Crippen molar-refractivity contribution in [2.45, 2.75) is 6.42 Å².